The average Bonchev–Trinajstić information content (AvgIpc) is 3.14. The van der Waals surface area contributed by atoms with E-state index in [-0.39, 0.29) is 11.8 Å². The number of aromatic amines is 1. The first kappa shape index (κ1) is 14.8. The lowest BCUT2D eigenvalue weighted by Gasteiger charge is -2.33. The van der Waals surface area contributed by atoms with Gasteiger partial charge >= 0.3 is 0 Å². The van der Waals surface area contributed by atoms with Crippen LogP contribution in [-0.2, 0) is 0 Å². The maximum absolute atomic E-state index is 12.3. The van der Waals surface area contributed by atoms with E-state index in [0.717, 1.165) is 5.69 Å². The van der Waals surface area contributed by atoms with Crippen LogP contribution in [0.4, 0.5) is 0 Å². The summed E-state index contributed by atoms with van der Waals surface area (Å²) in [7, 11) is 0. The summed E-state index contributed by atoms with van der Waals surface area (Å²) in [5.41, 5.74) is 1.26. The van der Waals surface area contributed by atoms with Crippen molar-refractivity contribution in [3.63, 3.8) is 0 Å². The monoisotopic (exact) mass is 366 g/mol. The van der Waals surface area contributed by atoms with Gasteiger partial charge in [0.2, 0.25) is 0 Å². The maximum atomic E-state index is 12.3. The minimum Gasteiger partial charge on any atom is -0.444 e. The van der Waals surface area contributed by atoms with Gasteiger partial charge in [-0.15, -0.1) is 0 Å². The van der Waals surface area contributed by atoms with Gasteiger partial charge in [-0.05, 0) is 41.1 Å². The third kappa shape index (κ3) is 2.92. The molecule has 0 bridgehead atoms. The molecule has 2 aromatic heterocycles. The van der Waals surface area contributed by atoms with Crippen LogP contribution in [0.5, 0.6) is 0 Å². The van der Waals surface area contributed by atoms with Crippen LogP contribution in [0.1, 0.15) is 26.7 Å². The maximum Gasteiger partial charge on any atom is 0.289 e. The summed E-state index contributed by atoms with van der Waals surface area (Å²) in [6.07, 6.45) is 0. The van der Waals surface area contributed by atoms with Crippen molar-refractivity contribution in [2.24, 2.45) is 0 Å². The molecule has 1 fully saturated rings. The standard InChI is InChI=1S/C14H15BrN4O3/c1-9-8-10(17-16-9)13(20)18-4-6-19(7-5-18)14(21)11-2-3-12(15)22-11/h2-3,8H,4-7H2,1H3,(H,16,17). The van der Waals surface area contributed by atoms with Gasteiger partial charge in [0.25, 0.3) is 11.8 Å². The van der Waals surface area contributed by atoms with E-state index in [1.807, 2.05) is 6.92 Å². The molecule has 0 aromatic carbocycles. The number of nitrogens with zero attached hydrogens (tertiary/aromatic N) is 3. The molecule has 3 rings (SSSR count). The van der Waals surface area contributed by atoms with Crippen molar-refractivity contribution in [3.8, 4) is 0 Å². The second-order valence-corrected chi connectivity index (χ2v) is 5.91. The number of aryl methyl sites for hydroxylation is 1. The third-order valence-electron chi connectivity index (χ3n) is 3.56. The SMILES string of the molecule is Cc1cc(C(=O)N2CCN(C(=O)c3ccc(Br)o3)CC2)n[nH]1. The zero-order valence-corrected chi connectivity index (χ0v) is 13.6. The van der Waals surface area contributed by atoms with Crippen molar-refractivity contribution < 1.29 is 14.0 Å². The fourth-order valence-electron chi connectivity index (χ4n) is 2.39. The van der Waals surface area contributed by atoms with Crippen LogP contribution < -0.4 is 0 Å². The lowest BCUT2D eigenvalue weighted by Crippen LogP contribution is -2.50. The molecule has 116 valence electrons. The zero-order chi connectivity index (χ0) is 15.7. The molecule has 3 heterocycles. The van der Waals surface area contributed by atoms with Gasteiger partial charge < -0.3 is 14.2 Å². The molecule has 1 aliphatic heterocycles. The van der Waals surface area contributed by atoms with E-state index < -0.39 is 0 Å². The van der Waals surface area contributed by atoms with Crippen LogP contribution >= 0.6 is 15.9 Å². The van der Waals surface area contributed by atoms with Crippen molar-refractivity contribution in [3.05, 3.63) is 40.0 Å². The van der Waals surface area contributed by atoms with E-state index in [9.17, 15) is 9.59 Å². The van der Waals surface area contributed by atoms with E-state index in [4.69, 9.17) is 4.42 Å². The Morgan fingerprint density at radius 1 is 1.18 bits per heavy atom. The smallest absolute Gasteiger partial charge is 0.289 e. The fraction of sp³-hybridized carbons (Fsp3) is 0.357. The molecular formula is C14H15BrN4O3. The van der Waals surface area contributed by atoms with Gasteiger partial charge in [-0.1, -0.05) is 0 Å². The van der Waals surface area contributed by atoms with Crippen LogP contribution in [0.15, 0.2) is 27.3 Å². The lowest BCUT2D eigenvalue weighted by atomic mass is 10.2. The molecule has 0 unspecified atom stereocenters. The Morgan fingerprint density at radius 3 is 2.32 bits per heavy atom. The van der Waals surface area contributed by atoms with Crippen LogP contribution in [0.25, 0.3) is 0 Å². The summed E-state index contributed by atoms with van der Waals surface area (Å²) >= 11 is 3.18. The zero-order valence-electron chi connectivity index (χ0n) is 12.0. The number of aromatic nitrogens is 2. The normalized spacial score (nSPS) is 15.2. The third-order valence-corrected chi connectivity index (χ3v) is 3.99. The number of furan rings is 1. The molecule has 2 aromatic rings. The van der Waals surface area contributed by atoms with Crippen LogP contribution in [0, 0.1) is 6.92 Å². The molecule has 0 spiro atoms. The van der Waals surface area contributed by atoms with Gasteiger partial charge in [-0.25, -0.2) is 0 Å². The Morgan fingerprint density at radius 2 is 1.82 bits per heavy atom. The number of carbonyl (C=O) groups is 2. The van der Waals surface area contributed by atoms with E-state index >= 15 is 0 Å². The van der Waals surface area contributed by atoms with Gasteiger partial charge in [0.05, 0.1) is 0 Å². The molecule has 0 atom stereocenters. The highest BCUT2D eigenvalue weighted by atomic mass is 79.9. The van der Waals surface area contributed by atoms with E-state index in [1.54, 1.807) is 28.0 Å². The number of amides is 2. The first-order valence-corrected chi connectivity index (χ1v) is 7.70. The Labute approximate surface area is 135 Å². The average molecular weight is 367 g/mol. The van der Waals surface area contributed by atoms with E-state index in [2.05, 4.69) is 26.1 Å². The molecule has 1 N–H and O–H groups in total. The number of H-pyrrole nitrogens is 1. The molecule has 0 saturated carbocycles. The molecule has 8 heteroatoms. The summed E-state index contributed by atoms with van der Waals surface area (Å²) in [5, 5.41) is 6.74. The minimum atomic E-state index is -0.159. The molecule has 0 radical (unpaired) electrons. The summed E-state index contributed by atoms with van der Waals surface area (Å²) in [4.78, 5) is 27.9. The van der Waals surface area contributed by atoms with Gasteiger partial charge in [-0.2, -0.15) is 5.10 Å². The van der Waals surface area contributed by atoms with E-state index in [1.165, 1.54) is 0 Å². The molecule has 1 saturated heterocycles. The fourth-order valence-corrected chi connectivity index (χ4v) is 2.69. The highest BCUT2D eigenvalue weighted by Gasteiger charge is 2.27. The first-order chi connectivity index (χ1) is 10.5. The number of halogens is 1. The highest BCUT2D eigenvalue weighted by molar-refractivity contribution is 9.10. The highest BCUT2D eigenvalue weighted by Crippen LogP contribution is 2.17. The topological polar surface area (TPSA) is 82.4 Å². The molecule has 0 aliphatic carbocycles. The van der Waals surface area contributed by atoms with E-state index in [0.29, 0.717) is 42.3 Å². The minimum absolute atomic E-state index is 0.114. The molecule has 7 nitrogen and oxygen atoms in total. The van der Waals surface area contributed by atoms with Crippen molar-refractivity contribution in [1.82, 2.24) is 20.0 Å². The summed E-state index contributed by atoms with van der Waals surface area (Å²) in [6, 6.07) is 5.05. The Hall–Kier alpha value is -2.09. The number of nitrogens with one attached hydrogen (secondary N) is 1. The van der Waals surface area contributed by atoms with Gasteiger partial charge in [0.15, 0.2) is 10.4 Å². The predicted molar refractivity (Wildman–Crippen MR) is 81.5 cm³/mol. The Kier molecular flexibility index (Phi) is 4.02. The predicted octanol–water partition coefficient (Wildman–Crippen LogP) is 1.67. The Bertz CT molecular complexity index is 640. The summed E-state index contributed by atoms with van der Waals surface area (Å²) in [5.74, 6) is 0.0279. The van der Waals surface area contributed by atoms with Crippen LogP contribution in [-0.4, -0.2) is 58.0 Å². The summed E-state index contributed by atoms with van der Waals surface area (Å²) in [6.45, 7) is 3.77. The number of hydrogen-bond donors (Lipinski definition) is 1. The quantitative estimate of drug-likeness (QED) is 0.876. The molecule has 2 amide bonds. The van der Waals surface area contributed by atoms with Crippen molar-refractivity contribution in [2.75, 3.05) is 26.2 Å². The second-order valence-electron chi connectivity index (χ2n) is 5.12. The largest absolute Gasteiger partial charge is 0.444 e. The van der Waals surface area contributed by atoms with Gasteiger partial charge in [-0.3, -0.25) is 14.7 Å². The van der Waals surface area contributed by atoms with Crippen LogP contribution in [0.3, 0.4) is 0 Å². The number of rotatable bonds is 2. The summed E-state index contributed by atoms with van der Waals surface area (Å²) < 4.78 is 5.80. The van der Waals surface area contributed by atoms with Crippen molar-refractivity contribution >= 4 is 27.7 Å². The second kappa shape index (κ2) is 5.96. The Balaban J connectivity index is 1.60. The van der Waals surface area contributed by atoms with Crippen molar-refractivity contribution in [2.45, 2.75) is 6.92 Å². The molecule has 22 heavy (non-hydrogen) atoms. The molecule has 1 aliphatic rings. The van der Waals surface area contributed by atoms with Crippen molar-refractivity contribution in [1.29, 1.82) is 0 Å². The first-order valence-electron chi connectivity index (χ1n) is 6.90. The lowest BCUT2D eigenvalue weighted by molar-refractivity contribution is 0.0514. The number of hydrogen-bond acceptors (Lipinski definition) is 4. The number of carbonyl (C=O) groups excluding carboxylic acids is 2. The van der Waals surface area contributed by atoms with Gasteiger partial charge in [0.1, 0.15) is 5.69 Å². The van der Waals surface area contributed by atoms with Crippen LogP contribution in [0.2, 0.25) is 0 Å². The van der Waals surface area contributed by atoms with Gasteiger partial charge in [0, 0.05) is 31.9 Å². The number of piperazine rings is 1. The molecular weight excluding hydrogens is 352 g/mol.